The molecular formula is C18H23N5O4S. The monoisotopic (exact) mass is 405 g/mol. The fourth-order valence-electron chi connectivity index (χ4n) is 3.29. The topological polar surface area (TPSA) is 114 Å². The van der Waals surface area contributed by atoms with Crippen LogP contribution < -0.4 is 5.32 Å². The van der Waals surface area contributed by atoms with Crippen molar-refractivity contribution in [3.8, 4) is 0 Å². The molecule has 1 aliphatic rings. The Labute approximate surface area is 163 Å². The molecular weight excluding hydrogens is 382 g/mol. The Balaban J connectivity index is 1.57. The minimum Gasteiger partial charge on any atom is -0.342 e. The van der Waals surface area contributed by atoms with E-state index in [0.29, 0.717) is 31.6 Å². The van der Waals surface area contributed by atoms with Crippen LogP contribution in [-0.2, 0) is 32.9 Å². The molecule has 0 atom stereocenters. The van der Waals surface area contributed by atoms with E-state index >= 15 is 0 Å². The molecule has 0 unspecified atom stereocenters. The van der Waals surface area contributed by atoms with Gasteiger partial charge in [0, 0.05) is 32.7 Å². The molecule has 1 N–H and O–H groups in total. The first-order valence-corrected chi connectivity index (χ1v) is 10.5. The van der Waals surface area contributed by atoms with Gasteiger partial charge in [-0.3, -0.25) is 9.59 Å². The molecule has 3 rings (SSSR count). The maximum absolute atomic E-state index is 12.7. The van der Waals surface area contributed by atoms with Crippen LogP contribution in [0.5, 0.6) is 0 Å². The summed E-state index contributed by atoms with van der Waals surface area (Å²) in [4.78, 5) is 25.3. The molecule has 2 aromatic rings. The van der Waals surface area contributed by atoms with Gasteiger partial charge in [-0.1, -0.05) is 12.1 Å². The van der Waals surface area contributed by atoms with E-state index in [-0.39, 0.29) is 23.4 Å². The number of carbonyl (C=O) groups is 2. The first-order chi connectivity index (χ1) is 13.3. The van der Waals surface area contributed by atoms with E-state index in [4.69, 9.17) is 0 Å². The van der Waals surface area contributed by atoms with Crippen LogP contribution >= 0.6 is 0 Å². The van der Waals surface area contributed by atoms with Gasteiger partial charge in [-0.05, 0) is 30.5 Å². The molecule has 1 aromatic heterocycles. The van der Waals surface area contributed by atoms with Gasteiger partial charge in [-0.15, -0.1) is 10.2 Å². The molecule has 0 saturated carbocycles. The van der Waals surface area contributed by atoms with Crippen LogP contribution in [-0.4, -0.2) is 58.2 Å². The summed E-state index contributed by atoms with van der Waals surface area (Å²) in [6.45, 7) is 2.22. The van der Waals surface area contributed by atoms with Crippen molar-refractivity contribution in [1.29, 1.82) is 0 Å². The molecule has 0 bridgehead atoms. The third-order valence-electron chi connectivity index (χ3n) is 4.79. The zero-order chi connectivity index (χ0) is 20.3. The highest BCUT2D eigenvalue weighted by molar-refractivity contribution is 7.91. The SMILES string of the molecule is CC(=O)Nc1ccc(CC(=O)N2CCC(S(=O)(=O)c3nncn3C)CC2)cc1. The molecule has 0 spiro atoms. The molecule has 0 aliphatic carbocycles. The van der Waals surface area contributed by atoms with Crippen molar-refractivity contribution in [2.45, 2.75) is 36.6 Å². The summed E-state index contributed by atoms with van der Waals surface area (Å²) >= 11 is 0. The Kier molecular flexibility index (Phi) is 5.78. The molecule has 150 valence electrons. The second-order valence-electron chi connectivity index (χ2n) is 6.90. The lowest BCUT2D eigenvalue weighted by molar-refractivity contribution is -0.131. The van der Waals surface area contributed by atoms with Crippen molar-refractivity contribution in [1.82, 2.24) is 19.7 Å². The fourth-order valence-corrected chi connectivity index (χ4v) is 5.03. The van der Waals surface area contributed by atoms with Crippen LogP contribution in [0, 0.1) is 0 Å². The first-order valence-electron chi connectivity index (χ1n) is 8.99. The molecule has 10 heteroatoms. The Morgan fingerprint density at radius 3 is 2.36 bits per heavy atom. The van der Waals surface area contributed by atoms with Crippen molar-refractivity contribution in [2.75, 3.05) is 18.4 Å². The molecule has 1 fully saturated rings. The van der Waals surface area contributed by atoms with Crippen molar-refractivity contribution in [3.05, 3.63) is 36.2 Å². The largest absolute Gasteiger partial charge is 0.342 e. The van der Waals surface area contributed by atoms with Gasteiger partial charge in [0.1, 0.15) is 6.33 Å². The number of hydrogen-bond acceptors (Lipinski definition) is 6. The number of amides is 2. The lowest BCUT2D eigenvalue weighted by Crippen LogP contribution is -2.43. The van der Waals surface area contributed by atoms with Crippen LogP contribution in [0.4, 0.5) is 5.69 Å². The molecule has 2 amide bonds. The summed E-state index contributed by atoms with van der Waals surface area (Å²) in [7, 11) is -1.96. The summed E-state index contributed by atoms with van der Waals surface area (Å²) in [6, 6.07) is 7.11. The van der Waals surface area contributed by atoms with Gasteiger partial charge >= 0.3 is 0 Å². The minimum atomic E-state index is -3.56. The van der Waals surface area contributed by atoms with E-state index < -0.39 is 15.1 Å². The van der Waals surface area contributed by atoms with E-state index in [1.165, 1.54) is 17.8 Å². The molecule has 2 heterocycles. The highest BCUT2D eigenvalue weighted by atomic mass is 32.2. The normalized spacial score (nSPS) is 15.4. The van der Waals surface area contributed by atoms with Crippen LogP contribution in [0.25, 0.3) is 0 Å². The minimum absolute atomic E-state index is 0.0310. The second-order valence-corrected chi connectivity index (χ2v) is 9.03. The summed E-state index contributed by atoms with van der Waals surface area (Å²) in [5.41, 5.74) is 1.52. The van der Waals surface area contributed by atoms with E-state index in [0.717, 1.165) is 5.56 Å². The number of likely N-dealkylation sites (tertiary alicyclic amines) is 1. The maximum Gasteiger partial charge on any atom is 0.249 e. The number of anilines is 1. The van der Waals surface area contributed by atoms with Crippen LogP contribution in [0.15, 0.2) is 35.7 Å². The molecule has 1 aromatic carbocycles. The Morgan fingerprint density at radius 1 is 1.18 bits per heavy atom. The van der Waals surface area contributed by atoms with Gasteiger partial charge in [-0.25, -0.2) is 8.42 Å². The van der Waals surface area contributed by atoms with Gasteiger partial charge in [-0.2, -0.15) is 0 Å². The number of nitrogens with one attached hydrogen (secondary N) is 1. The molecule has 28 heavy (non-hydrogen) atoms. The first kappa shape index (κ1) is 20.0. The number of aryl methyl sites for hydroxylation is 1. The summed E-state index contributed by atoms with van der Waals surface area (Å²) in [6.07, 6.45) is 2.36. The standard InChI is InChI=1S/C18H23N5O4S/c1-13(24)20-15-5-3-14(4-6-15)11-17(25)23-9-7-16(8-10-23)28(26,27)18-21-19-12-22(18)2/h3-6,12,16H,7-11H2,1-2H3,(H,20,24). The van der Waals surface area contributed by atoms with Gasteiger partial charge in [0.15, 0.2) is 0 Å². The third kappa shape index (κ3) is 4.38. The fraction of sp³-hybridized carbons (Fsp3) is 0.444. The Morgan fingerprint density at radius 2 is 1.82 bits per heavy atom. The molecule has 0 radical (unpaired) electrons. The molecule has 9 nitrogen and oxygen atoms in total. The van der Waals surface area contributed by atoms with Crippen molar-refractivity contribution >= 4 is 27.3 Å². The van der Waals surface area contributed by atoms with Gasteiger partial charge in [0.25, 0.3) is 0 Å². The summed E-state index contributed by atoms with van der Waals surface area (Å²) in [5.74, 6) is -0.190. The lowest BCUT2D eigenvalue weighted by atomic mass is 10.1. The predicted molar refractivity (Wildman–Crippen MR) is 102 cm³/mol. The Bertz CT molecular complexity index is 960. The quantitative estimate of drug-likeness (QED) is 0.786. The predicted octanol–water partition coefficient (Wildman–Crippen LogP) is 0.781. The van der Waals surface area contributed by atoms with E-state index in [1.807, 2.05) is 0 Å². The van der Waals surface area contributed by atoms with Crippen molar-refractivity contribution < 1.29 is 18.0 Å². The maximum atomic E-state index is 12.7. The highest BCUT2D eigenvalue weighted by Crippen LogP contribution is 2.23. The number of sulfone groups is 1. The highest BCUT2D eigenvalue weighted by Gasteiger charge is 2.35. The van der Waals surface area contributed by atoms with Crippen LogP contribution in [0.3, 0.4) is 0 Å². The average Bonchev–Trinajstić information content (AvgIpc) is 3.10. The summed E-state index contributed by atoms with van der Waals surface area (Å²) in [5, 5.41) is 9.45. The van der Waals surface area contributed by atoms with E-state index in [2.05, 4.69) is 15.5 Å². The van der Waals surface area contributed by atoms with E-state index in [1.54, 1.807) is 36.2 Å². The molecule has 1 aliphatic heterocycles. The number of aromatic nitrogens is 3. The lowest BCUT2D eigenvalue weighted by Gasteiger charge is -2.31. The number of piperidine rings is 1. The second kappa shape index (κ2) is 8.09. The van der Waals surface area contributed by atoms with E-state index in [9.17, 15) is 18.0 Å². The van der Waals surface area contributed by atoms with Gasteiger partial charge in [0.2, 0.25) is 26.8 Å². The zero-order valence-electron chi connectivity index (χ0n) is 15.8. The zero-order valence-corrected chi connectivity index (χ0v) is 16.6. The smallest absolute Gasteiger partial charge is 0.249 e. The molecule has 1 saturated heterocycles. The number of rotatable bonds is 5. The van der Waals surface area contributed by atoms with Crippen molar-refractivity contribution in [3.63, 3.8) is 0 Å². The van der Waals surface area contributed by atoms with Gasteiger partial charge in [0.05, 0.1) is 11.7 Å². The number of hydrogen-bond donors (Lipinski definition) is 1. The van der Waals surface area contributed by atoms with Crippen LogP contribution in [0.1, 0.15) is 25.3 Å². The average molecular weight is 405 g/mol. The van der Waals surface area contributed by atoms with Crippen LogP contribution in [0.2, 0.25) is 0 Å². The van der Waals surface area contributed by atoms with Crippen molar-refractivity contribution in [2.24, 2.45) is 7.05 Å². The number of benzene rings is 1. The number of carbonyl (C=O) groups excluding carboxylic acids is 2. The Hall–Kier alpha value is -2.75. The number of nitrogens with zero attached hydrogens (tertiary/aromatic N) is 4. The van der Waals surface area contributed by atoms with Gasteiger partial charge < -0.3 is 14.8 Å². The third-order valence-corrected chi connectivity index (χ3v) is 7.02. The summed E-state index contributed by atoms with van der Waals surface area (Å²) < 4.78 is 26.8.